The minimum Gasteiger partial charge on any atom is -0.373 e. The molecule has 1 fully saturated rings. The predicted octanol–water partition coefficient (Wildman–Crippen LogP) is 2.64. The van der Waals surface area contributed by atoms with Crippen molar-refractivity contribution < 1.29 is 8.78 Å². The second-order valence-corrected chi connectivity index (χ2v) is 7.60. The number of benzene rings is 1. The average molecular weight is 438 g/mol. The zero-order valence-corrected chi connectivity index (χ0v) is 17.7. The van der Waals surface area contributed by atoms with E-state index in [2.05, 4.69) is 41.6 Å². The molecule has 2 atom stereocenters. The topological polar surface area (TPSA) is 75.3 Å². The van der Waals surface area contributed by atoms with Crippen LogP contribution in [0.15, 0.2) is 60.8 Å². The first-order valence-electron chi connectivity index (χ1n) is 10.3. The summed E-state index contributed by atoms with van der Waals surface area (Å²) in [6.45, 7) is 8.70. The summed E-state index contributed by atoms with van der Waals surface area (Å²) in [5.74, 6) is -1.20. The number of aliphatic imine (C=N–C) groups is 1. The van der Waals surface area contributed by atoms with E-state index >= 15 is 0 Å². The molecule has 1 aliphatic rings. The van der Waals surface area contributed by atoms with Gasteiger partial charge in [0.25, 0.3) is 0 Å². The summed E-state index contributed by atoms with van der Waals surface area (Å²) < 4.78 is 29.8. The van der Waals surface area contributed by atoms with E-state index in [0.29, 0.717) is 11.3 Å². The van der Waals surface area contributed by atoms with E-state index in [-0.39, 0.29) is 6.04 Å². The highest BCUT2D eigenvalue weighted by atomic mass is 19.1. The number of hydrogen-bond donors (Lipinski definition) is 0. The molecule has 1 aromatic carbocycles. The van der Waals surface area contributed by atoms with Gasteiger partial charge in [-0.3, -0.25) is 9.89 Å². The van der Waals surface area contributed by atoms with Crippen LogP contribution in [0.3, 0.4) is 0 Å². The van der Waals surface area contributed by atoms with Crippen LogP contribution in [-0.4, -0.2) is 73.5 Å². The quantitative estimate of drug-likeness (QED) is 0.528. The lowest BCUT2D eigenvalue weighted by Crippen LogP contribution is -2.50. The SMILES string of the molecule is C=N/C(=C\N1CCN(C(C)C(c2ccc(F)cc2F)n2cncn2)CC1)c1cncnc1. The van der Waals surface area contributed by atoms with Gasteiger partial charge in [-0.05, 0) is 19.7 Å². The van der Waals surface area contributed by atoms with Gasteiger partial charge in [0.05, 0.1) is 11.7 Å². The van der Waals surface area contributed by atoms with E-state index in [4.69, 9.17) is 0 Å². The number of hydrogen-bond acceptors (Lipinski definition) is 7. The summed E-state index contributed by atoms with van der Waals surface area (Å²) in [6, 6.07) is 3.13. The summed E-state index contributed by atoms with van der Waals surface area (Å²) in [6.07, 6.45) is 9.81. The van der Waals surface area contributed by atoms with Crippen LogP contribution in [0.25, 0.3) is 5.70 Å². The molecule has 0 N–H and O–H groups in total. The van der Waals surface area contributed by atoms with Gasteiger partial charge in [0, 0.05) is 68.0 Å². The van der Waals surface area contributed by atoms with Crippen molar-refractivity contribution in [3.8, 4) is 0 Å². The molecule has 0 amide bonds. The Hall–Kier alpha value is -3.53. The highest BCUT2D eigenvalue weighted by Gasteiger charge is 2.31. The number of aromatic nitrogens is 5. The van der Waals surface area contributed by atoms with Crippen LogP contribution < -0.4 is 0 Å². The second kappa shape index (κ2) is 9.73. The van der Waals surface area contributed by atoms with Gasteiger partial charge in [0.2, 0.25) is 0 Å². The fourth-order valence-corrected chi connectivity index (χ4v) is 4.01. The van der Waals surface area contributed by atoms with Gasteiger partial charge >= 0.3 is 0 Å². The molecule has 10 heteroatoms. The molecule has 0 spiro atoms. The standard InChI is InChI=1S/C22H24F2N8/c1-16(22(32-15-28-14-29-32)19-4-3-18(23)9-20(19)24)31-7-5-30(6-8-31)12-21(25-2)17-10-26-13-27-11-17/h3-4,9-16,22H,2,5-8H2,1H3/b21-12-. The number of nitrogens with zero attached hydrogens (tertiary/aromatic N) is 8. The Balaban J connectivity index is 1.50. The van der Waals surface area contributed by atoms with Crippen molar-refractivity contribution in [1.29, 1.82) is 0 Å². The molecule has 4 rings (SSSR count). The molecule has 166 valence electrons. The van der Waals surface area contributed by atoms with E-state index < -0.39 is 17.7 Å². The number of halogens is 2. The van der Waals surface area contributed by atoms with Crippen LogP contribution in [0.1, 0.15) is 24.1 Å². The van der Waals surface area contributed by atoms with Crippen LogP contribution >= 0.6 is 0 Å². The van der Waals surface area contributed by atoms with Gasteiger partial charge in [-0.2, -0.15) is 5.10 Å². The first-order chi connectivity index (χ1) is 15.6. The summed E-state index contributed by atoms with van der Waals surface area (Å²) in [5, 5.41) is 4.24. The van der Waals surface area contributed by atoms with Crippen LogP contribution in [0.2, 0.25) is 0 Å². The highest BCUT2D eigenvalue weighted by molar-refractivity contribution is 5.66. The lowest BCUT2D eigenvalue weighted by molar-refractivity contribution is 0.105. The first-order valence-corrected chi connectivity index (χ1v) is 10.3. The van der Waals surface area contributed by atoms with E-state index in [1.165, 1.54) is 24.8 Å². The van der Waals surface area contributed by atoms with Crippen molar-refractivity contribution in [2.45, 2.75) is 19.0 Å². The molecule has 0 aliphatic carbocycles. The van der Waals surface area contributed by atoms with Crippen molar-refractivity contribution in [1.82, 2.24) is 34.5 Å². The van der Waals surface area contributed by atoms with Crippen LogP contribution in [0.5, 0.6) is 0 Å². The van der Waals surface area contributed by atoms with Crippen LogP contribution in [0, 0.1) is 11.6 Å². The minimum atomic E-state index is -0.605. The zero-order valence-electron chi connectivity index (χ0n) is 17.7. The Morgan fingerprint density at radius 3 is 2.47 bits per heavy atom. The van der Waals surface area contributed by atoms with E-state index in [9.17, 15) is 8.78 Å². The third-order valence-electron chi connectivity index (χ3n) is 5.72. The van der Waals surface area contributed by atoms with Crippen molar-refractivity contribution >= 4 is 12.4 Å². The lowest BCUT2D eigenvalue weighted by atomic mass is 9.98. The zero-order chi connectivity index (χ0) is 22.5. The lowest BCUT2D eigenvalue weighted by Gasteiger charge is -2.40. The smallest absolute Gasteiger partial charge is 0.137 e. The maximum absolute atomic E-state index is 14.7. The van der Waals surface area contributed by atoms with Gasteiger partial charge in [-0.15, -0.1) is 0 Å². The highest BCUT2D eigenvalue weighted by Crippen LogP contribution is 2.28. The van der Waals surface area contributed by atoms with Gasteiger partial charge in [0.1, 0.15) is 30.6 Å². The Kier molecular flexibility index (Phi) is 6.60. The van der Waals surface area contributed by atoms with E-state index in [1.54, 1.807) is 23.4 Å². The maximum Gasteiger partial charge on any atom is 0.137 e. The van der Waals surface area contributed by atoms with Crippen molar-refractivity contribution in [2.24, 2.45) is 4.99 Å². The summed E-state index contributed by atoms with van der Waals surface area (Å²) >= 11 is 0. The molecule has 3 heterocycles. The third-order valence-corrected chi connectivity index (χ3v) is 5.72. The van der Waals surface area contributed by atoms with Crippen molar-refractivity contribution in [3.05, 3.63) is 78.5 Å². The van der Waals surface area contributed by atoms with Gasteiger partial charge in [-0.1, -0.05) is 6.07 Å². The number of rotatable bonds is 7. The van der Waals surface area contributed by atoms with E-state index in [0.717, 1.165) is 37.8 Å². The largest absolute Gasteiger partial charge is 0.373 e. The average Bonchev–Trinajstić information content (AvgIpc) is 3.34. The van der Waals surface area contributed by atoms with E-state index in [1.807, 2.05) is 13.1 Å². The normalized spacial score (nSPS) is 17.2. The molecule has 2 aromatic heterocycles. The minimum absolute atomic E-state index is 0.0951. The molecule has 1 saturated heterocycles. The summed E-state index contributed by atoms with van der Waals surface area (Å²) in [7, 11) is 0. The van der Waals surface area contributed by atoms with Gasteiger partial charge in [-0.25, -0.2) is 28.4 Å². The van der Waals surface area contributed by atoms with Crippen molar-refractivity contribution in [2.75, 3.05) is 26.2 Å². The second-order valence-electron chi connectivity index (χ2n) is 7.60. The maximum atomic E-state index is 14.7. The Bertz CT molecular complexity index is 1060. The summed E-state index contributed by atoms with van der Waals surface area (Å²) in [4.78, 5) is 20.6. The Morgan fingerprint density at radius 2 is 1.84 bits per heavy atom. The van der Waals surface area contributed by atoms with Gasteiger partial charge < -0.3 is 4.90 Å². The number of piperazine rings is 1. The van der Waals surface area contributed by atoms with Crippen LogP contribution in [0.4, 0.5) is 8.78 Å². The monoisotopic (exact) mass is 438 g/mol. The molecule has 32 heavy (non-hydrogen) atoms. The fraction of sp³-hybridized carbons (Fsp3) is 0.318. The van der Waals surface area contributed by atoms with Gasteiger partial charge in [0.15, 0.2) is 0 Å². The molecular weight excluding hydrogens is 414 g/mol. The first kappa shape index (κ1) is 21.7. The third kappa shape index (κ3) is 4.70. The fourth-order valence-electron chi connectivity index (χ4n) is 4.01. The Morgan fingerprint density at radius 1 is 1.09 bits per heavy atom. The summed E-state index contributed by atoms with van der Waals surface area (Å²) in [5.41, 5.74) is 1.89. The van der Waals surface area contributed by atoms with Crippen molar-refractivity contribution in [3.63, 3.8) is 0 Å². The Labute approximate surface area is 185 Å². The molecule has 0 radical (unpaired) electrons. The molecule has 2 unspecified atom stereocenters. The molecule has 0 bridgehead atoms. The molecular formula is C22H24F2N8. The molecule has 3 aromatic rings. The predicted molar refractivity (Wildman–Crippen MR) is 117 cm³/mol. The molecule has 8 nitrogen and oxygen atoms in total. The molecule has 1 aliphatic heterocycles. The molecule has 0 saturated carbocycles. The van der Waals surface area contributed by atoms with Crippen LogP contribution in [-0.2, 0) is 0 Å².